The number of nitrogens with one attached hydrogen (secondary N) is 1. The lowest BCUT2D eigenvalue weighted by molar-refractivity contribution is 0.0150. The molecule has 18 heavy (non-hydrogen) atoms. The van der Waals surface area contributed by atoms with Gasteiger partial charge in [-0.15, -0.1) is 11.3 Å². The number of ether oxygens (including phenoxy) is 1. The lowest BCUT2D eigenvalue weighted by Gasteiger charge is -2.28. The van der Waals surface area contributed by atoms with Gasteiger partial charge in [0, 0.05) is 24.1 Å². The van der Waals surface area contributed by atoms with E-state index in [4.69, 9.17) is 4.74 Å². The molecule has 4 heteroatoms. The first-order valence-corrected chi connectivity index (χ1v) is 8.85. The van der Waals surface area contributed by atoms with E-state index in [1.54, 1.807) is 10.4 Å². The second-order valence-electron chi connectivity index (χ2n) is 5.27. The summed E-state index contributed by atoms with van der Waals surface area (Å²) in [5, 5.41) is 3.74. The van der Waals surface area contributed by atoms with Crippen molar-refractivity contribution in [1.82, 2.24) is 5.32 Å². The second-order valence-corrected chi connectivity index (χ2v) is 8.30. The van der Waals surface area contributed by atoms with Crippen LogP contribution in [0.5, 0.6) is 0 Å². The van der Waals surface area contributed by atoms with E-state index in [0.717, 1.165) is 13.2 Å². The van der Waals surface area contributed by atoms with E-state index in [1.807, 2.05) is 11.3 Å². The molecule has 0 bridgehead atoms. The largest absolute Gasteiger partial charge is 0.377 e. The molecule has 1 aliphatic carbocycles. The van der Waals surface area contributed by atoms with Crippen molar-refractivity contribution in [1.29, 1.82) is 0 Å². The monoisotopic (exact) mass is 377 g/mol. The van der Waals surface area contributed by atoms with Crippen LogP contribution in [0.1, 0.15) is 48.6 Å². The van der Waals surface area contributed by atoms with Gasteiger partial charge in [-0.2, -0.15) is 0 Å². The van der Waals surface area contributed by atoms with Gasteiger partial charge in [-0.05, 0) is 72.7 Å². The first-order chi connectivity index (χ1) is 8.83. The van der Waals surface area contributed by atoms with Gasteiger partial charge >= 0.3 is 0 Å². The number of halogens is 1. The minimum atomic E-state index is 0.446. The molecule has 3 rings (SSSR count). The topological polar surface area (TPSA) is 21.3 Å². The fraction of sp³-hybridized carbons (Fsp3) is 0.714. The quantitative estimate of drug-likeness (QED) is 0.808. The molecule has 1 fully saturated rings. The van der Waals surface area contributed by atoms with Gasteiger partial charge in [0.25, 0.3) is 0 Å². The van der Waals surface area contributed by atoms with Crippen molar-refractivity contribution in [3.05, 3.63) is 19.4 Å². The molecule has 0 spiro atoms. The van der Waals surface area contributed by atoms with E-state index in [-0.39, 0.29) is 0 Å². The summed E-state index contributed by atoms with van der Waals surface area (Å²) in [5.74, 6) is 0. The molecule has 1 aromatic heterocycles. The summed E-state index contributed by atoms with van der Waals surface area (Å²) < 4.78 is 7.23. The van der Waals surface area contributed by atoms with Crippen LogP contribution in [-0.4, -0.2) is 19.3 Å². The van der Waals surface area contributed by atoms with Crippen LogP contribution < -0.4 is 5.32 Å². The van der Waals surface area contributed by atoms with Crippen LogP contribution in [0.3, 0.4) is 0 Å². The zero-order valence-electron chi connectivity index (χ0n) is 10.6. The Kier molecular flexibility index (Phi) is 4.59. The number of aryl methyl sites for hydroxylation is 1. The molecule has 1 aliphatic heterocycles. The number of hydrogen-bond donors (Lipinski definition) is 1. The van der Waals surface area contributed by atoms with E-state index >= 15 is 0 Å². The first kappa shape index (κ1) is 13.3. The maximum atomic E-state index is 5.80. The summed E-state index contributed by atoms with van der Waals surface area (Å²) in [5.41, 5.74) is 1.56. The van der Waals surface area contributed by atoms with Crippen molar-refractivity contribution in [3.8, 4) is 0 Å². The highest BCUT2D eigenvalue weighted by Crippen LogP contribution is 2.36. The molecule has 2 aliphatic rings. The SMILES string of the molecule is Ic1cc2c(s1)CCCC2NCC1CCCCO1. The molecule has 0 amide bonds. The highest BCUT2D eigenvalue weighted by molar-refractivity contribution is 14.1. The van der Waals surface area contributed by atoms with E-state index in [9.17, 15) is 0 Å². The molecule has 1 aromatic rings. The third-order valence-corrected chi connectivity index (χ3v) is 5.92. The Morgan fingerprint density at radius 2 is 2.28 bits per heavy atom. The number of fused-ring (bicyclic) bond motifs is 1. The van der Waals surface area contributed by atoms with Crippen LogP contribution in [0.25, 0.3) is 0 Å². The summed E-state index contributed by atoms with van der Waals surface area (Å²) in [6.07, 6.45) is 8.14. The van der Waals surface area contributed by atoms with Crippen LogP contribution in [-0.2, 0) is 11.2 Å². The zero-order valence-corrected chi connectivity index (χ0v) is 13.6. The lowest BCUT2D eigenvalue weighted by atomic mass is 9.94. The average molecular weight is 377 g/mol. The first-order valence-electron chi connectivity index (χ1n) is 6.96. The molecule has 1 N–H and O–H groups in total. The van der Waals surface area contributed by atoms with Crippen molar-refractivity contribution in [2.24, 2.45) is 0 Å². The number of rotatable bonds is 3. The molecule has 2 unspecified atom stereocenters. The van der Waals surface area contributed by atoms with E-state index in [2.05, 4.69) is 34.0 Å². The molecule has 0 saturated carbocycles. The Morgan fingerprint density at radius 3 is 3.11 bits per heavy atom. The van der Waals surface area contributed by atoms with Gasteiger partial charge in [-0.1, -0.05) is 0 Å². The highest BCUT2D eigenvalue weighted by atomic mass is 127. The van der Waals surface area contributed by atoms with E-state index < -0.39 is 0 Å². The molecular weight excluding hydrogens is 357 g/mol. The summed E-state index contributed by atoms with van der Waals surface area (Å²) in [7, 11) is 0. The Hall–Kier alpha value is 0.350. The minimum Gasteiger partial charge on any atom is -0.377 e. The smallest absolute Gasteiger partial charge is 0.0699 e. The fourth-order valence-electron chi connectivity index (χ4n) is 2.98. The van der Waals surface area contributed by atoms with Gasteiger partial charge in [-0.25, -0.2) is 0 Å². The predicted octanol–water partition coefficient (Wildman–Crippen LogP) is 3.89. The molecule has 2 nitrogen and oxygen atoms in total. The zero-order chi connectivity index (χ0) is 12.4. The highest BCUT2D eigenvalue weighted by Gasteiger charge is 2.23. The van der Waals surface area contributed by atoms with Gasteiger partial charge < -0.3 is 10.1 Å². The maximum absolute atomic E-state index is 5.80. The number of thiophene rings is 1. The van der Waals surface area contributed by atoms with Crippen LogP contribution in [0.4, 0.5) is 0 Å². The molecule has 2 heterocycles. The fourth-order valence-corrected chi connectivity index (χ4v) is 5.10. The Labute approximate surface area is 127 Å². The summed E-state index contributed by atoms with van der Waals surface area (Å²) >= 11 is 4.42. The maximum Gasteiger partial charge on any atom is 0.0699 e. The third kappa shape index (κ3) is 3.08. The van der Waals surface area contributed by atoms with Crippen molar-refractivity contribution in [2.45, 2.75) is 50.7 Å². The van der Waals surface area contributed by atoms with Crippen molar-refractivity contribution >= 4 is 33.9 Å². The van der Waals surface area contributed by atoms with Gasteiger partial charge in [0.15, 0.2) is 0 Å². The van der Waals surface area contributed by atoms with Crippen molar-refractivity contribution < 1.29 is 4.74 Å². The van der Waals surface area contributed by atoms with Gasteiger partial charge in [0.2, 0.25) is 0 Å². The molecule has 2 atom stereocenters. The third-order valence-electron chi connectivity index (χ3n) is 3.95. The minimum absolute atomic E-state index is 0.446. The standard InChI is InChI=1S/C14H20INOS/c15-14-8-11-12(5-3-6-13(11)18-14)16-9-10-4-1-2-7-17-10/h8,10,12,16H,1-7,9H2. The Bertz CT molecular complexity index is 400. The van der Waals surface area contributed by atoms with Crippen molar-refractivity contribution in [2.75, 3.05) is 13.2 Å². The molecule has 0 aromatic carbocycles. The van der Waals surface area contributed by atoms with Crippen LogP contribution in [0.15, 0.2) is 6.07 Å². The normalized spacial score (nSPS) is 28.1. The summed E-state index contributed by atoms with van der Waals surface area (Å²) in [4.78, 5) is 1.60. The van der Waals surface area contributed by atoms with Crippen LogP contribution in [0.2, 0.25) is 0 Å². The molecule has 1 saturated heterocycles. The van der Waals surface area contributed by atoms with Crippen LogP contribution >= 0.6 is 33.9 Å². The summed E-state index contributed by atoms with van der Waals surface area (Å²) in [6.45, 7) is 1.98. The average Bonchev–Trinajstić information content (AvgIpc) is 2.78. The second kappa shape index (κ2) is 6.20. The molecule has 0 radical (unpaired) electrons. The molecular formula is C14H20INOS. The summed E-state index contributed by atoms with van der Waals surface area (Å²) in [6, 6.07) is 2.94. The van der Waals surface area contributed by atoms with Crippen molar-refractivity contribution in [3.63, 3.8) is 0 Å². The Morgan fingerprint density at radius 1 is 1.33 bits per heavy atom. The van der Waals surface area contributed by atoms with Gasteiger partial charge in [-0.3, -0.25) is 0 Å². The van der Waals surface area contributed by atoms with E-state index in [0.29, 0.717) is 12.1 Å². The van der Waals surface area contributed by atoms with E-state index in [1.165, 1.54) is 41.4 Å². The van der Waals surface area contributed by atoms with Gasteiger partial charge in [0.05, 0.1) is 8.99 Å². The molecule has 100 valence electrons. The predicted molar refractivity (Wildman–Crippen MR) is 84.3 cm³/mol. The number of hydrogen-bond acceptors (Lipinski definition) is 3. The Balaban J connectivity index is 1.59. The lowest BCUT2D eigenvalue weighted by Crippen LogP contribution is -2.35. The van der Waals surface area contributed by atoms with Gasteiger partial charge in [0.1, 0.15) is 0 Å². The van der Waals surface area contributed by atoms with Crippen LogP contribution in [0, 0.1) is 2.88 Å².